The number of halogens is 1. The fraction of sp³-hybridized carbons (Fsp3) is 0.250. The molecule has 0 saturated carbocycles. The van der Waals surface area contributed by atoms with Crippen LogP contribution in [0.4, 0.5) is 5.69 Å². The Hall–Kier alpha value is -1.13. The number of rotatable bonds is 5. The quantitative estimate of drug-likeness (QED) is 0.815. The van der Waals surface area contributed by atoms with Crippen molar-refractivity contribution in [3.63, 3.8) is 0 Å². The number of carbonyl (C=O) groups is 1. The summed E-state index contributed by atoms with van der Waals surface area (Å²) >= 11 is 3.37. The highest BCUT2D eigenvalue weighted by Gasteiger charge is 2.03. The van der Waals surface area contributed by atoms with Crippen LogP contribution in [0.1, 0.15) is 6.92 Å². The average molecular weight is 283 g/mol. The lowest BCUT2D eigenvalue weighted by molar-refractivity contribution is -0.115. The molecule has 0 heterocycles. The summed E-state index contributed by atoms with van der Waals surface area (Å²) in [5.74, 6) is -0.0619. The number of anilines is 1. The molecule has 2 N–H and O–H groups in total. The summed E-state index contributed by atoms with van der Waals surface area (Å²) in [6.07, 6.45) is 0. The molecule has 1 aromatic rings. The smallest absolute Gasteiger partial charge is 0.238 e. The first-order valence-electron chi connectivity index (χ1n) is 4.99. The van der Waals surface area contributed by atoms with E-state index in [2.05, 4.69) is 33.1 Å². The van der Waals surface area contributed by atoms with Gasteiger partial charge in [0.2, 0.25) is 5.91 Å². The van der Waals surface area contributed by atoms with Gasteiger partial charge in [-0.1, -0.05) is 24.3 Å². The van der Waals surface area contributed by atoms with E-state index in [0.29, 0.717) is 6.54 Å². The molecule has 3 nitrogen and oxygen atoms in total. The van der Waals surface area contributed by atoms with E-state index in [-0.39, 0.29) is 12.5 Å². The van der Waals surface area contributed by atoms with Crippen LogP contribution >= 0.6 is 15.9 Å². The molecule has 0 bridgehead atoms. The van der Waals surface area contributed by atoms with Gasteiger partial charge in [-0.2, -0.15) is 0 Å². The van der Waals surface area contributed by atoms with E-state index in [1.54, 1.807) is 0 Å². The standard InChI is InChI=1S/C12H15BrN2O/c1-9(2)7-14-8-12(16)15-11-6-4-3-5-10(11)13/h3-6,14H,1,7-8H2,2H3,(H,15,16). The van der Waals surface area contributed by atoms with Gasteiger partial charge in [0.1, 0.15) is 0 Å². The van der Waals surface area contributed by atoms with Crippen molar-refractivity contribution in [2.24, 2.45) is 0 Å². The lowest BCUT2D eigenvalue weighted by Crippen LogP contribution is -2.29. The van der Waals surface area contributed by atoms with Crippen LogP contribution in [0.5, 0.6) is 0 Å². The highest BCUT2D eigenvalue weighted by atomic mass is 79.9. The van der Waals surface area contributed by atoms with Crippen molar-refractivity contribution >= 4 is 27.5 Å². The monoisotopic (exact) mass is 282 g/mol. The summed E-state index contributed by atoms with van der Waals surface area (Å²) in [5, 5.41) is 5.80. The van der Waals surface area contributed by atoms with Gasteiger partial charge < -0.3 is 10.6 Å². The van der Waals surface area contributed by atoms with Crippen molar-refractivity contribution in [2.75, 3.05) is 18.4 Å². The first-order chi connectivity index (χ1) is 7.59. The zero-order chi connectivity index (χ0) is 12.0. The van der Waals surface area contributed by atoms with Crippen LogP contribution in [0.3, 0.4) is 0 Å². The van der Waals surface area contributed by atoms with Gasteiger partial charge in [-0.25, -0.2) is 0 Å². The predicted molar refractivity (Wildman–Crippen MR) is 70.5 cm³/mol. The predicted octanol–water partition coefficient (Wildman–Crippen LogP) is 2.55. The first kappa shape index (κ1) is 12.9. The molecular weight excluding hydrogens is 268 g/mol. The van der Waals surface area contributed by atoms with Gasteiger partial charge in [0.25, 0.3) is 0 Å². The molecule has 1 aromatic carbocycles. The molecule has 0 aliphatic heterocycles. The third kappa shape index (κ3) is 4.59. The van der Waals surface area contributed by atoms with Crippen LogP contribution in [-0.4, -0.2) is 19.0 Å². The molecule has 86 valence electrons. The van der Waals surface area contributed by atoms with Crippen molar-refractivity contribution in [1.82, 2.24) is 5.32 Å². The molecule has 4 heteroatoms. The van der Waals surface area contributed by atoms with E-state index in [9.17, 15) is 4.79 Å². The van der Waals surface area contributed by atoms with Gasteiger partial charge >= 0.3 is 0 Å². The third-order valence-corrected chi connectivity index (χ3v) is 2.55. The molecule has 0 aromatic heterocycles. The van der Waals surface area contributed by atoms with Crippen LogP contribution in [0.2, 0.25) is 0 Å². The lowest BCUT2D eigenvalue weighted by atomic mass is 10.3. The maximum absolute atomic E-state index is 11.5. The van der Waals surface area contributed by atoms with E-state index in [4.69, 9.17) is 0 Å². The zero-order valence-corrected chi connectivity index (χ0v) is 10.8. The summed E-state index contributed by atoms with van der Waals surface area (Å²) in [4.78, 5) is 11.5. The van der Waals surface area contributed by atoms with Crippen LogP contribution in [-0.2, 0) is 4.79 Å². The Balaban J connectivity index is 2.40. The van der Waals surface area contributed by atoms with E-state index in [1.807, 2.05) is 31.2 Å². The van der Waals surface area contributed by atoms with Gasteiger partial charge in [0.15, 0.2) is 0 Å². The van der Waals surface area contributed by atoms with Crippen LogP contribution in [0.25, 0.3) is 0 Å². The summed E-state index contributed by atoms with van der Waals surface area (Å²) in [5.41, 5.74) is 1.79. The van der Waals surface area contributed by atoms with Crippen LogP contribution in [0.15, 0.2) is 40.9 Å². The third-order valence-electron chi connectivity index (χ3n) is 1.86. The van der Waals surface area contributed by atoms with Crippen LogP contribution in [0, 0.1) is 0 Å². The van der Waals surface area contributed by atoms with Crippen LogP contribution < -0.4 is 10.6 Å². The largest absolute Gasteiger partial charge is 0.324 e. The van der Waals surface area contributed by atoms with E-state index in [0.717, 1.165) is 15.7 Å². The second-order valence-electron chi connectivity index (χ2n) is 3.59. The Bertz CT molecular complexity index is 390. The second-order valence-corrected chi connectivity index (χ2v) is 4.44. The Morgan fingerprint density at radius 3 is 2.69 bits per heavy atom. The number of para-hydroxylation sites is 1. The minimum atomic E-state index is -0.0619. The van der Waals surface area contributed by atoms with Gasteiger partial charge in [-0.3, -0.25) is 4.79 Å². The maximum Gasteiger partial charge on any atom is 0.238 e. The zero-order valence-electron chi connectivity index (χ0n) is 9.22. The number of hydrogen-bond acceptors (Lipinski definition) is 2. The number of amides is 1. The highest BCUT2D eigenvalue weighted by Crippen LogP contribution is 2.20. The molecule has 0 spiro atoms. The van der Waals surface area contributed by atoms with Crippen molar-refractivity contribution in [2.45, 2.75) is 6.92 Å². The summed E-state index contributed by atoms with van der Waals surface area (Å²) in [6, 6.07) is 7.51. The topological polar surface area (TPSA) is 41.1 Å². The van der Waals surface area contributed by atoms with Crippen molar-refractivity contribution in [3.05, 3.63) is 40.9 Å². The van der Waals surface area contributed by atoms with Gasteiger partial charge in [0.05, 0.1) is 12.2 Å². The molecule has 0 aliphatic carbocycles. The molecule has 0 unspecified atom stereocenters. The SMILES string of the molecule is C=C(C)CNCC(=O)Nc1ccccc1Br. The summed E-state index contributed by atoms with van der Waals surface area (Å²) < 4.78 is 0.878. The Morgan fingerprint density at radius 1 is 1.38 bits per heavy atom. The Morgan fingerprint density at radius 2 is 2.06 bits per heavy atom. The average Bonchev–Trinajstić information content (AvgIpc) is 2.21. The normalized spacial score (nSPS) is 9.88. The molecule has 1 amide bonds. The summed E-state index contributed by atoms with van der Waals surface area (Å²) in [7, 11) is 0. The molecule has 0 saturated heterocycles. The van der Waals surface area contributed by atoms with Gasteiger partial charge in [0, 0.05) is 11.0 Å². The minimum absolute atomic E-state index is 0.0619. The van der Waals surface area contributed by atoms with E-state index < -0.39 is 0 Å². The molecule has 1 rings (SSSR count). The Kier molecular flexibility index (Phi) is 5.22. The van der Waals surface area contributed by atoms with Crippen molar-refractivity contribution in [3.8, 4) is 0 Å². The van der Waals surface area contributed by atoms with E-state index >= 15 is 0 Å². The number of benzene rings is 1. The second kappa shape index (κ2) is 6.45. The highest BCUT2D eigenvalue weighted by molar-refractivity contribution is 9.10. The summed E-state index contributed by atoms with van der Waals surface area (Å²) in [6.45, 7) is 6.61. The fourth-order valence-electron chi connectivity index (χ4n) is 1.15. The molecule has 16 heavy (non-hydrogen) atoms. The fourth-order valence-corrected chi connectivity index (χ4v) is 1.53. The molecule has 0 radical (unpaired) electrons. The minimum Gasteiger partial charge on any atom is -0.324 e. The molecule has 0 aliphatic rings. The van der Waals surface area contributed by atoms with Gasteiger partial charge in [-0.05, 0) is 35.0 Å². The Labute approximate surface area is 104 Å². The molecule has 0 atom stereocenters. The van der Waals surface area contributed by atoms with E-state index in [1.165, 1.54) is 0 Å². The lowest BCUT2D eigenvalue weighted by Gasteiger charge is -2.07. The van der Waals surface area contributed by atoms with Crippen molar-refractivity contribution < 1.29 is 4.79 Å². The molecule has 0 fully saturated rings. The van der Waals surface area contributed by atoms with Gasteiger partial charge in [-0.15, -0.1) is 0 Å². The number of hydrogen-bond donors (Lipinski definition) is 2. The molecular formula is C12H15BrN2O. The number of nitrogens with one attached hydrogen (secondary N) is 2. The van der Waals surface area contributed by atoms with Crippen molar-refractivity contribution in [1.29, 1.82) is 0 Å². The maximum atomic E-state index is 11.5. The number of carbonyl (C=O) groups excluding carboxylic acids is 1. The first-order valence-corrected chi connectivity index (χ1v) is 5.78.